The molecule has 0 unspecified atom stereocenters. The molecule has 0 spiro atoms. The Labute approximate surface area is 450 Å². The van der Waals surface area contributed by atoms with Gasteiger partial charge in [0.1, 0.15) is 0 Å². The van der Waals surface area contributed by atoms with E-state index in [1.165, 1.54) is 0 Å². The summed E-state index contributed by atoms with van der Waals surface area (Å²) in [5, 5.41) is 17.7. The van der Waals surface area contributed by atoms with E-state index in [0.717, 1.165) is 113 Å². The minimum absolute atomic E-state index is 0.121. The Bertz CT molecular complexity index is 2900. The number of carbonyl (C=O) groups excluding carboxylic acids is 3. The second-order valence-electron chi connectivity index (χ2n) is 20.2. The number of rotatable bonds is 18. The van der Waals surface area contributed by atoms with E-state index < -0.39 is 0 Å². The van der Waals surface area contributed by atoms with Crippen molar-refractivity contribution >= 4 is 45.0 Å². The number of benzene rings is 3. The molecule has 404 valence electrons. The third kappa shape index (κ3) is 14.7. The van der Waals surface area contributed by atoms with Gasteiger partial charge < -0.3 is 50.3 Å². The molecule has 3 aromatic carbocycles. The molecule has 2 aliphatic rings. The van der Waals surface area contributed by atoms with Crippen molar-refractivity contribution in [2.45, 2.75) is 132 Å². The molecule has 6 N–H and O–H groups in total. The SMILES string of the molecule is CCN(c1cc(-c2ccc(C(=O)NCCO)cc2)cc(C(=O)NCc2c(C(C)C)cc(C)[nH]c2=O)c1C)C1CCOCC1.CCN(c1cc(Br)cc(C(=O)NCc2c(C(C)C)cc(C)[nH]c2=O)c1C)C1CCOCC1. The molecule has 0 aliphatic carbocycles. The fourth-order valence-electron chi connectivity index (χ4n) is 10.3. The van der Waals surface area contributed by atoms with Crippen LogP contribution in [0.15, 0.2) is 74.7 Å². The van der Waals surface area contributed by atoms with Gasteiger partial charge in [-0.25, -0.2) is 0 Å². The molecule has 3 amide bonds. The summed E-state index contributed by atoms with van der Waals surface area (Å²) in [6.07, 6.45) is 3.78. The normalized spacial score (nSPS) is 14.1. The van der Waals surface area contributed by atoms with E-state index in [-0.39, 0.29) is 66.9 Å². The fraction of sp³-hybridized carbons (Fsp3) is 0.475. The van der Waals surface area contributed by atoms with E-state index in [4.69, 9.17) is 14.6 Å². The Morgan fingerprint density at radius 1 is 0.627 bits per heavy atom. The lowest BCUT2D eigenvalue weighted by atomic mass is 9.94. The number of ether oxygens (including phenoxy) is 2. The largest absolute Gasteiger partial charge is 0.395 e. The second kappa shape index (κ2) is 27.1. The van der Waals surface area contributed by atoms with Crippen molar-refractivity contribution in [3.63, 3.8) is 0 Å². The van der Waals surface area contributed by atoms with Gasteiger partial charge in [-0.1, -0.05) is 55.8 Å². The van der Waals surface area contributed by atoms with Gasteiger partial charge in [0.25, 0.3) is 28.8 Å². The van der Waals surface area contributed by atoms with Gasteiger partial charge in [0, 0.05) is 126 Å². The first kappa shape index (κ1) is 58.2. The predicted molar refractivity (Wildman–Crippen MR) is 303 cm³/mol. The highest BCUT2D eigenvalue weighted by molar-refractivity contribution is 9.10. The molecule has 2 fully saturated rings. The lowest BCUT2D eigenvalue weighted by Gasteiger charge is -2.37. The van der Waals surface area contributed by atoms with Gasteiger partial charge >= 0.3 is 0 Å². The van der Waals surface area contributed by atoms with Crippen LogP contribution in [0, 0.1) is 27.7 Å². The molecule has 75 heavy (non-hydrogen) atoms. The maximum Gasteiger partial charge on any atom is 0.253 e. The number of H-pyrrole nitrogens is 2. The van der Waals surface area contributed by atoms with E-state index in [9.17, 15) is 24.0 Å². The summed E-state index contributed by atoms with van der Waals surface area (Å²) in [6.45, 7) is 25.1. The molecule has 2 aromatic heterocycles. The quantitative estimate of drug-likeness (QED) is 0.0492. The summed E-state index contributed by atoms with van der Waals surface area (Å²) in [5.41, 5.74) is 11.6. The molecular weight excluding hydrogens is 1010 g/mol. The minimum atomic E-state index is -0.256. The second-order valence-corrected chi connectivity index (χ2v) is 21.1. The van der Waals surface area contributed by atoms with Crippen molar-refractivity contribution < 1.29 is 29.0 Å². The smallest absolute Gasteiger partial charge is 0.253 e. The summed E-state index contributed by atoms with van der Waals surface area (Å²) in [4.78, 5) is 75.3. The number of carbonyl (C=O) groups is 3. The Kier molecular flexibility index (Phi) is 21.0. The first-order valence-electron chi connectivity index (χ1n) is 26.5. The number of hydrogen-bond acceptors (Lipinski definition) is 10. The molecule has 0 radical (unpaired) electrons. The number of pyridine rings is 2. The van der Waals surface area contributed by atoms with Gasteiger partial charge in [-0.15, -0.1) is 0 Å². The van der Waals surface area contributed by atoms with Crippen LogP contribution in [0.4, 0.5) is 11.4 Å². The number of anilines is 2. The summed E-state index contributed by atoms with van der Waals surface area (Å²) in [7, 11) is 0. The number of amides is 3. The molecular formula is C59H78BrN7O8. The molecule has 2 saturated heterocycles. The zero-order chi connectivity index (χ0) is 54.5. The number of aliphatic hydroxyl groups is 1. The number of aromatic amines is 2. The molecule has 16 heteroatoms. The molecule has 0 atom stereocenters. The lowest BCUT2D eigenvalue weighted by molar-refractivity contribution is 0.0845. The molecule has 5 aromatic rings. The summed E-state index contributed by atoms with van der Waals surface area (Å²) < 4.78 is 12.0. The van der Waals surface area contributed by atoms with E-state index in [1.807, 2.05) is 77.9 Å². The topological polar surface area (TPSA) is 198 Å². The van der Waals surface area contributed by atoms with Crippen LogP contribution >= 0.6 is 15.9 Å². The average molecular weight is 1090 g/mol. The van der Waals surface area contributed by atoms with Crippen molar-refractivity contribution in [3.05, 3.63) is 147 Å². The Hall–Kier alpha value is -6.07. The highest BCUT2D eigenvalue weighted by Crippen LogP contribution is 2.35. The predicted octanol–water partition coefficient (Wildman–Crippen LogP) is 9.25. The van der Waals surface area contributed by atoms with Crippen molar-refractivity contribution in [1.29, 1.82) is 0 Å². The number of nitrogens with zero attached hydrogens (tertiary/aromatic N) is 2. The third-order valence-electron chi connectivity index (χ3n) is 14.4. The van der Waals surface area contributed by atoms with Crippen LogP contribution in [0.1, 0.15) is 155 Å². The van der Waals surface area contributed by atoms with Crippen LogP contribution in [-0.2, 0) is 22.6 Å². The average Bonchev–Trinajstić information content (AvgIpc) is 3.39. The van der Waals surface area contributed by atoms with Crippen molar-refractivity contribution in [2.75, 3.05) is 62.5 Å². The fourth-order valence-corrected chi connectivity index (χ4v) is 10.8. The summed E-state index contributed by atoms with van der Waals surface area (Å²) in [6, 6.07) is 19.8. The van der Waals surface area contributed by atoms with Gasteiger partial charge in [-0.05, 0) is 161 Å². The molecule has 4 heterocycles. The van der Waals surface area contributed by atoms with Crippen LogP contribution in [0.2, 0.25) is 0 Å². The minimum Gasteiger partial charge on any atom is -0.395 e. The van der Waals surface area contributed by atoms with Gasteiger partial charge in [-0.2, -0.15) is 0 Å². The number of aryl methyl sites for hydroxylation is 2. The van der Waals surface area contributed by atoms with Crippen molar-refractivity contribution in [3.8, 4) is 11.1 Å². The van der Waals surface area contributed by atoms with Gasteiger partial charge in [0.15, 0.2) is 0 Å². The van der Waals surface area contributed by atoms with Crippen LogP contribution in [-0.4, -0.2) is 97.5 Å². The van der Waals surface area contributed by atoms with Crippen molar-refractivity contribution in [1.82, 2.24) is 25.9 Å². The number of halogens is 1. The third-order valence-corrected chi connectivity index (χ3v) is 14.8. The van der Waals surface area contributed by atoms with Gasteiger partial charge in [-0.3, -0.25) is 24.0 Å². The Morgan fingerprint density at radius 2 is 1.07 bits per heavy atom. The molecule has 15 nitrogen and oxygen atoms in total. The maximum absolute atomic E-state index is 13.8. The first-order valence-corrected chi connectivity index (χ1v) is 27.3. The summed E-state index contributed by atoms with van der Waals surface area (Å²) >= 11 is 3.60. The van der Waals surface area contributed by atoms with E-state index in [2.05, 4.69) is 91.5 Å². The number of hydrogen-bond donors (Lipinski definition) is 6. The highest BCUT2D eigenvalue weighted by Gasteiger charge is 2.27. The van der Waals surface area contributed by atoms with Crippen LogP contribution in [0.5, 0.6) is 0 Å². The maximum atomic E-state index is 13.8. The molecule has 7 rings (SSSR count). The van der Waals surface area contributed by atoms with Gasteiger partial charge in [0.2, 0.25) is 0 Å². The van der Waals surface area contributed by atoms with E-state index in [0.29, 0.717) is 53.1 Å². The highest BCUT2D eigenvalue weighted by atomic mass is 79.9. The van der Waals surface area contributed by atoms with Crippen LogP contribution in [0.25, 0.3) is 11.1 Å². The van der Waals surface area contributed by atoms with Gasteiger partial charge in [0.05, 0.1) is 6.61 Å². The number of aromatic nitrogens is 2. The zero-order valence-corrected chi connectivity index (χ0v) is 47.1. The van der Waals surface area contributed by atoms with Crippen molar-refractivity contribution in [2.24, 2.45) is 0 Å². The Balaban J connectivity index is 0.000000255. The zero-order valence-electron chi connectivity index (χ0n) is 45.6. The first-order chi connectivity index (χ1) is 35.9. The number of nitrogens with one attached hydrogen (secondary N) is 5. The van der Waals surface area contributed by atoms with Crippen LogP contribution < -0.4 is 36.9 Å². The molecule has 0 saturated carbocycles. The monoisotopic (exact) mass is 1090 g/mol. The molecule has 0 bridgehead atoms. The Morgan fingerprint density at radius 3 is 1.49 bits per heavy atom. The molecule has 2 aliphatic heterocycles. The van der Waals surface area contributed by atoms with E-state index in [1.54, 1.807) is 12.1 Å². The van der Waals surface area contributed by atoms with E-state index >= 15 is 0 Å². The summed E-state index contributed by atoms with van der Waals surface area (Å²) in [5.74, 6) is -0.356. The lowest BCUT2D eigenvalue weighted by Crippen LogP contribution is -2.40. The van der Waals surface area contributed by atoms with Crippen LogP contribution in [0.3, 0.4) is 0 Å². The standard InChI is InChI=1S/C34H44N4O5.C25H34BrN3O3/c1-6-38(27-11-15-43-16-12-27)31-19-26(24-7-9-25(10-8-24)32(40)35-13-14-39)18-29(23(31)5)33(41)36-20-30-28(21(2)3)17-22(4)37-34(30)42;1-6-29(19-7-9-32-10-8-19)23-13-18(26)12-21(17(23)5)24(30)27-14-22-20(15(2)3)11-16(4)28-25(22)31/h7-10,17-19,21,27,39H,6,11-16,20H2,1-5H3,(H,35,40)(H,36,41)(H,37,42);11-13,15,19H,6-10,14H2,1-5H3,(H,27,30)(H,28,31). The number of aliphatic hydroxyl groups excluding tert-OH is 1.